The number of rotatable bonds is 3. The first-order valence-electron chi connectivity index (χ1n) is 6.28. The number of aliphatic hydroxyl groups is 1. The molecule has 0 spiro atoms. The number of carbonyl (C=O) groups is 1. The molecule has 0 aromatic carbocycles. The number of aliphatic hydroxyl groups excluding tert-OH is 1. The number of hydrogen-bond donors (Lipinski definition) is 1. The normalized spacial score (nSPS) is 46.0. The van der Waals surface area contributed by atoms with Crippen LogP contribution in [0, 0.1) is 29.1 Å². The molecule has 3 heteroatoms. The van der Waals surface area contributed by atoms with Crippen LogP contribution in [0.5, 0.6) is 0 Å². The molecule has 0 heterocycles. The first-order valence-corrected chi connectivity index (χ1v) is 6.28. The average molecular weight is 226 g/mol. The van der Waals surface area contributed by atoms with Crippen molar-refractivity contribution in [2.45, 2.75) is 33.6 Å². The quantitative estimate of drug-likeness (QED) is 0.747. The minimum Gasteiger partial charge on any atom is -0.463 e. The molecule has 5 atom stereocenters. The van der Waals surface area contributed by atoms with Gasteiger partial charge in [0, 0.05) is 0 Å². The van der Waals surface area contributed by atoms with E-state index in [1.165, 1.54) is 6.42 Å². The van der Waals surface area contributed by atoms with Gasteiger partial charge in [-0.05, 0) is 43.4 Å². The van der Waals surface area contributed by atoms with E-state index in [4.69, 9.17) is 9.84 Å². The van der Waals surface area contributed by atoms with Crippen LogP contribution in [0.15, 0.2) is 0 Å². The van der Waals surface area contributed by atoms with Crippen LogP contribution >= 0.6 is 0 Å². The summed E-state index contributed by atoms with van der Waals surface area (Å²) in [5.41, 5.74) is -0.300. The molecule has 2 rings (SSSR count). The van der Waals surface area contributed by atoms with E-state index in [2.05, 4.69) is 13.8 Å². The third-order valence-corrected chi connectivity index (χ3v) is 5.06. The molecule has 2 bridgehead atoms. The lowest BCUT2D eigenvalue weighted by Crippen LogP contribution is -2.40. The maximum atomic E-state index is 12.0. The van der Waals surface area contributed by atoms with Crippen LogP contribution in [-0.2, 0) is 9.53 Å². The SMILES string of the molecule is CC1C2CC(C1C)C(C)(C(=O)OCCO)C2. The van der Waals surface area contributed by atoms with Gasteiger partial charge in [0.1, 0.15) is 6.61 Å². The second kappa shape index (κ2) is 4.02. The van der Waals surface area contributed by atoms with Gasteiger partial charge in [0.25, 0.3) is 0 Å². The van der Waals surface area contributed by atoms with E-state index < -0.39 is 0 Å². The van der Waals surface area contributed by atoms with Gasteiger partial charge in [-0.3, -0.25) is 4.79 Å². The van der Waals surface area contributed by atoms with Crippen LogP contribution in [0.4, 0.5) is 0 Å². The van der Waals surface area contributed by atoms with Crippen molar-refractivity contribution < 1.29 is 14.6 Å². The maximum absolute atomic E-state index is 12.0. The summed E-state index contributed by atoms with van der Waals surface area (Å²) in [5, 5.41) is 8.69. The summed E-state index contributed by atoms with van der Waals surface area (Å²) in [6.45, 7) is 6.65. The Morgan fingerprint density at radius 3 is 2.62 bits per heavy atom. The summed E-state index contributed by atoms with van der Waals surface area (Å²) in [6, 6.07) is 0. The molecule has 2 saturated carbocycles. The molecule has 92 valence electrons. The Bertz CT molecular complexity index is 287. The zero-order valence-corrected chi connectivity index (χ0v) is 10.4. The molecule has 0 aromatic heterocycles. The lowest BCUT2D eigenvalue weighted by molar-refractivity contribution is -0.161. The van der Waals surface area contributed by atoms with Crippen molar-refractivity contribution in [3.8, 4) is 0 Å². The van der Waals surface area contributed by atoms with E-state index >= 15 is 0 Å². The highest BCUT2D eigenvalue weighted by atomic mass is 16.5. The summed E-state index contributed by atoms with van der Waals surface area (Å²) in [7, 11) is 0. The van der Waals surface area contributed by atoms with Crippen molar-refractivity contribution in [2.75, 3.05) is 13.2 Å². The summed E-state index contributed by atoms with van der Waals surface area (Å²) in [4.78, 5) is 12.0. The predicted molar refractivity (Wildman–Crippen MR) is 60.7 cm³/mol. The molecule has 0 radical (unpaired) electrons. The monoisotopic (exact) mass is 226 g/mol. The minimum absolute atomic E-state index is 0.0815. The van der Waals surface area contributed by atoms with Gasteiger partial charge in [-0.15, -0.1) is 0 Å². The van der Waals surface area contributed by atoms with Crippen molar-refractivity contribution >= 4 is 5.97 Å². The lowest BCUT2D eigenvalue weighted by atomic mass is 9.67. The Labute approximate surface area is 97.2 Å². The van der Waals surface area contributed by atoms with Crippen LogP contribution in [0.2, 0.25) is 0 Å². The zero-order chi connectivity index (χ0) is 11.9. The van der Waals surface area contributed by atoms with E-state index in [-0.39, 0.29) is 24.6 Å². The molecule has 16 heavy (non-hydrogen) atoms. The Balaban J connectivity index is 2.08. The fourth-order valence-electron chi connectivity index (χ4n) is 3.89. The predicted octanol–water partition coefficient (Wildman–Crippen LogP) is 1.84. The molecule has 0 amide bonds. The van der Waals surface area contributed by atoms with Crippen LogP contribution < -0.4 is 0 Å². The van der Waals surface area contributed by atoms with E-state index in [0.29, 0.717) is 17.8 Å². The van der Waals surface area contributed by atoms with Crippen molar-refractivity contribution in [1.29, 1.82) is 0 Å². The maximum Gasteiger partial charge on any atom is 0.312 e. The largest absolute Gasteiger partial charge is 0.463 e. The minimum atomic E-state index is -0.300. The van der Waals surface area contributed by atoms with Crippen LogP contribution in [0.1, 0.15) is 33.6 Å². The highest BCUT2D eigenvalue weighted by Gasteiger charge is 2.59. The number of hydrogen-bond acceptors (Lipinski definition) is 3. The number of fused-ring (bicyclic) bond motifs is 2. The van der Waals surface area contributed by atoms with Crippen molar-refractivity contribution in [2.24, 2.45) is 29.1 Å². The van der Waals surface area contributed by atoms with Gasteiger partial charge in [0.15, 0.2) is 0 Å². The molecule has 2 aliphatic rings. The van der Waals surface area contributed by atoms with E-state index in [1.54, 1.807) is 0 Å². The number of carbonyl (C=O) groups excluding carboxylic acids is 1. The topological polar surface area (TPSA) is 46.5 Å². The van der Waals surface area contributed by atoms with Gasteiger partial charge in [-0.25, -0.2) is 0 Å². The smallest absolute Gasteiger partial charge is 0.312 e. The van der Waals surface area contributed by atoms with Gasteiger partial charge in [-0.2, -0.15) is 0 Å². The van der Waals surface area contributed by atoms with Crippen LogP contribution in [-0.4, -0.2) is 24.3 Å². The molecule has 0 saturated heterocycles. The summed E-state index contributed by atoms with van der Waals surface area (Å²) in [6.07, 6.45) is 2.14. The zero-order valence-electron chi connectivity index (χ0n) is 10.4. The molecular formula is C13H22O3. The second-order valence-electron chi connectivity index (χ2n) is 5.80. The van der Waals surface area contributed by atoms with Crippen LogP contribution in [0.25, 0.3) is 0 Å². The Kier molecular flexibility index (Phi) is 2.99. The summed E-state index contributed by atoms with van der Waals surface area (Å²) in [5.74, 6) is 2.41. The van der Waals surface area contributed by atoms with Gasteiger partial charge >= 0.3 is 5.97 Å². The lowest BCUT2D eigenvalue weighted by Gasteiger charge is -2.38. The standard InChI is InChI=1S/C13H22O3/c1-8-9(2)11-6-10(8)7-13(11,3)12(15)16-5-4-14/h8-11,14H,4-7H2,1-3H3. The third kappa shape index (κ3) is 1.56. The Hall–Kier alpha value is -0.570. The molecular weight excluding hydrogens is 204 g/mol. The number of esters is 1. The Morgan fingerprint density at radius 2 is 2.12 bits per heavy atom. The van der Waals surface area contributed by atoms with E-state index in [0.717, 1.165) is 12.3 Å². The second-order valence-corrected chi connectivity index (χ2v) is 5.80. The van der Waals surface area contributed by atoms with Crippen LogP contribution in [0.3, 0.4) is 0 Å². The average Bonchev–Trinajstić information content (AvgIpc) is 2.74. The molecule has 5 unspecified atom stereocenters. The van der Waals surface area contributed by atoms with Gasteiger partial charge in [0.2, 0.25) is 0 Å². The number of ether oxygens (including phenoxy) is 1. The molecule has 1 N–H and O–H groups in total. The molecule has 2 aliphatic carbocycles. The summed E-state index contributed by atoms with van der Waals surface area (Å²) < 4.78 is 5.13. The van der Waals surface area contributed by atoms with Crippen molar-refractivity contribution in [3.63, 3.8) is 0 Å². The Morgan fingerprint density at radius 1 is 1.44 bits per heavy atom. The van der Waals surface area contributed by atoms with Gasteiger partial charge < -0.3 is 9.84 Å². The summed E-state index contributed by atoms with van der Waals surface area (Å²) >= 11 is 0. The fraction of sp³-hybridized carbons (Fsp3) is 0.923. The fourth-order valence-corrected chi connectivity index (χ4v) is 3.89. The highest BCUT2D eigenvalue weighted by Crippen LogP contribution is 2.61. The van der Waals surface area contributed by atoms with E-state index in [1.807, 2.05) is 6.92 Å². The molecule has 0 aliphatic heterocycles. The molecule has 2 fully saturated rings. The van der Waals surface area contributed by atoms with Gasteiger partial charge in [-0.1, -0.05) is 13.8 Å². The first-order chi connectivity index (χ1) is 7.50. The molecule has 3 nitrogen and oxygen atoms in total. The van der Waals surface area contributed by atoms with Crippen molar-refractivity contribution in [1.82, 2.24) is 0 Å². The first kappa shape index (κ1) is 11.9. The highest BCUT2D eigenvalue weighted by molar-refractivity contribution is 5.77. The van der Waals surface area contributed by atoms with E-state index in [9.17, 15) is 4.79 Å². The molecule has 0 aromatic rings. The van der Waals surface area contributed by atoms with Gasteiger partial charge in [0.05, 0.1) is 12.0 Å². The third-order valence-electron chi connectivity index (χ3n) is 5.06. The van der Waals surface area contributed by atoms with Crippen molar-refractivity contribution in [3.05, 3.63) is 0 Å².